The Bertz CT molecular complexity index is 360. The van der Waals surface area contributed by atoms with E-state index in [0.717, 1.165) is 32.7 Å². The molecule has 0 bridgehead atoms. The van der Waals surface area contributed by atoms with Gasteiger partial charge in [0.05, 0.1) is 6.61 Å². The van der Waals surface area contributed by atoms with Crippen molar-refractivity contribution in [1.29, 1.82) is 0 Å². The van der Waals surface area contributed by atoms with Gasteiger partial charge in [0, 0.05) is 19.6 Å². The van der Waals surface area contributed by atoms with E-state index in [4.69, 9.17) is 4.74 Å². The minimum absolute atomic E-state index is 0.0486. The third kappa shape index (κ3) is 2.51. The Morgan fingerprint density at radius 2 is 2.18 bits per heavy atom. The molecular formula is C14H20N2O. The van der Waals surface area contributed by atoms with E-state index in [0.29, 0.717) is 0 Å². The van der Waals surface area contributed by atoms with Crippen LogP contribution in [-0.4, -0.2) is 36.9 Å². The van der Waals surface area contributed by atoms with E-state index >= 15 is 0 Å². The maximum atomic E-state index is 5.90. The summed E-state index contributed by atoms with van der Waals surface area (Å²) in [5, 5.41) is 3.52. The smallest absolute Gasteiger partial charge is 0.132 e. The number of nitrogens with one attached hydrogen (secondary N) is 1. The van der Waals surface area contributed by atoms with Gasteiger partial charge in [-0.25, -0.2) is 0 Å². The largest absolute Gasteiger partial charge is 0.358 e. The lowest BCUT2D eigenvalue weighted by Gasteiger charge is -2.39. The summed E-state index contributed by atoms with van der Waals surface area (Å²) < 4.78 is 5.90. The third-order valence-corrected chi connectivity index (χ3v) is 3.71. The highest BCUT2D eigenvalue weighted by molar-refractivity contribution is 5.14. The first kappa shape index (κ1) is 11.2. The van der Waals surface area contributed by atoms with Crippen molar-refractivity contribution in [2.75, 3.05) is 26.2 Å². The second-order valence-corrected chi connectivity index (χ2v) is 5.07. The van der Waals surface area contributed by atoms with Crippen LogP contribution in [0.2, 0.25) is 0 Å². The molecule has 1 spiro atoms. The van der Waals surface area contributed by atoms with Gasteiger partial charge in [0.15, 0.2) is 0 Å². The van der Waals surface area contributed by atoms with Crippen LogP contribution in [0, 0.1) is 0 Å². The molecule has 3 heteroatoms. The number of nitrogens with zero attached hydrogens (tertiary/aromatic N) is 1. The van der Waals surface area contributed by atoms with E-state index in [1.165, 1.54) is 18.5 Å². The van der Waals surface area contributed by atoms with Crippen LogP contribution in [0.25, 0.3) is 0 Å². The van der Waals surface area contributed by atoms with Crippen LogP contribution in [0.5, 0.6) is 0 Å². The Hall–Kier alpha value is -0.900. The van der Waals surface area contributed by atoms with Gasteiger partial charge in [-0.2, -0.15) is 0 Å². The number of piperidine rings is 1. The lowest BCUT2D eigenvalue weighted by molar-refractivity contribution is -0.0659. The number of hydrogen-bond acceptors (Lipinski definition) is 3. The van der Waals surface area contributed by atoms with Crippen molar-refractivity contribution >= 4 is 0 Å². The normalized spacial score (nSPS) is 29.9. The molecule has 0 aliphatic carbocycles. The monoisotopic (exact) mass is 232 g/mol. The van der Waals surface area contributed by atoms with E-state index in [2.05, 4.69) is 40.5 Å². The molecule has 17 heavy (non-hydrogen) atoms. The van der Waals surface area contributed by atoms with Crippen LogP contribution < -0.4 is 5.32 Å². The number of rotatable bonds is 2. The first-order valence-corrected chi connectivity index (χ1v) is 6.52. The van der Waals surface area contributed by atoms with Crippen molar-refractivity contribution in [2.24, 2.45) is 0 Å². The number of likely N-dealkylation sites (tertiary alicyclic amines) is 1. The predicted octanol–water partition coefficient (Wildman–Crippen LogP) is 1.60. The Balaban J connectivity index is 1.64. The Morgan fingerprint density at radius 1 is 1.29 bits per heavy atom. The summed E-state index contributed by atoms with van der Waals surface area (Å²) in [6.45, 7) is 5.09. The molecule has 2 aliphatic heterocycles. The molecule has 1 unspecified atom stereocenters. The zero-order chi connectivity index (χ0) is 11.6. The summed E-state index contributed by atoms with van der Waals surface area (Å²) >= 11 is 0. The molecule has 0 radical (unpaired) electrons. The van der Waals surface area contributed by atoms with E-state index in [-0.39, 0.29) is 5.72 Å². The Kier molecular flexibility index (Phi) is 3.14. The van der Waals surface area contributed by atoms with Gasteiger partial charge in [0.25, 0.3) is 0 Å². The van der Waals surface area contributed by atoms with E-state index in [1.54, 1.807) is 0 Å². The molecule has 2 saturated heterocycles. The van der Waals surface area contributed by atoms with Crippen LogP contribution in [0.3, 0.4) is 0 Å². The summed E-state index contributed by atoms with van der Waals surface area (Å²) in [5.74, 6) is 0. The zero-order valence-corrected chi connectivity index (χ0v) is 10.2. The maximum absolute atomic E-state index is 5.90. The van der Waals surface area contributed by atoms with Crippen LogP contribution in [-0.2, 0) is 11.3 Å². The van der Waals surface area contributed by atoms with Crippen molar-refractivity contribution in [2.45, 2.75) is 25.1 Å². The maximum Gasteiger partial charge on any atom is 0.132 e. The van der Waals surface area contributed by atoms with Crippen molar-refractivity contribution in [3.63, 3.8) is 0 Å². The van der Waals surface area contributed by atoms with Gasteiger partial charge >= 0.3 is 0 Å². The van der Waals surface area contributed by atoms with Crippen molar-refractivity contribution < 1.29 is 4.74 Å². The van der Waals surface area contributed by atoms with Gasteiger partial charge in [-0.1, -0.05) is 30.3 Å². The molecule has 0 saturated carbocycles. The fourth-order valence-corrected chi connectivity index (χ4v) is 2.92. The highest BCUT2D eigenvalue weighted by atomic mass is 16.5. The minimum atomic E-state index is -0.0486. The molecule has 0 aromatic heterocycles. The van der Waals surface area contributed by atoms with E-state index in [9.17, 15) is 0 Å². The van der Waals surface area contributed by atoms with Crippen molar-refractivity contribution in [1.82, 2.24) is 10.2 Å². The number of ether oxygens (including phenoxy) is 1. The first-order chi connectivity index (χ1) is 8.36. The highest BCUT2D eigenvalue weighted by Crippen LogP contribution is 2.26. The second-order valence-electron chi connectivity index (χ2n) is 5.07. The number of benzene rings is 1. The van der Waals surface area contributed by atoms with Crippen molar-refractivity contribution in [3.8, 4) is 0 Å². The van der Waals surface area contributed by atoms with Crippen LogP contribution >= 0.6 is 0 Å². The standard InChI is InChI=1S/C14H20N2O/c1-2-5-13(6-3-1)11-16-9-4-7-14(12-16)15-8-10-17-14/h1-3,5-6,15H,4,7-12H2. The molecule has 1 aromatic carbocycles. The van der Waals surface area contributed by atoms with Gasteiger partial charge in [0.2, 0.25) is 0 Å². The molecule has 3 rings (SSSR count). The Labute approximate surface area is 103 Å². The molecule has 92 valence electrons. The first-order valence-electron chi connectivity index (χ1n) is 6.52. The summed E-state index contributed by atoms with van der Waals surface area (Å²) in [4.78, 5) is 2.50. The summed E-state index contributed by atoms with van der Waals surface area (Å²) in [6, 6.07) is 10.7. The van der Waals surface area contributed by atoms with E-state index < -0.39 is 0 Å². The molecule has 2 aliphatic rings. The van der Waals surface area contributed by atoms with Gasteiger partial charge in [-0.3, -0.25) is 10.2 Å². The fraction of sp³-hybridized carbons (Fsp3) is 0.571. The lowest BCUT2D eigenvalue weighted by Crippen LogP contribution is -2.54. The summed E-state index contributed by atoms with van der Waals surface area (Å²) in [7, 11) is 0. The predicted molar refractivity (Wildman–Crippen MR) is 67.6 cm³/mol. The highest BCUT2D eigenvalue weighted by Gasteiger charge is 2.38. The van der Waals surface area contributed by atoms with Gasteiger partial charge in [-0.05, 0) is 24.9 Å². The summed E-state index contributed by atoms with van der Waals surface area (Å²) in [6.07, 6.45) is 2.37. The van der Waals surface area contributed by atoms with Crippen molar-refractivity contribution in [3.05, 3.63) is 35.9 Å². The number of hydrogen-bond donors (Lipinski definition) is 1. The fourth-order valence-electron chi connectivity index (χ4n) is 2.92. The summed E-state index contributed by atoms with van der Waals surface area (Å²) in [5.41, 5.74) is 1.34. The molecule has 1 aromatic rings. The molecule has 3 nitrogen and oxygen atoms in total. The molecule has 1 atom stereocenters. The van der Waals surface area contributed by atoms with Crippen LogP contribution in [0.4, 0.5) is 0 Å². The topological polar surface area (TPSA) is 24.5 Å². The quantitative estimate of drug-likeness (QED) is 0.838. The Morgan fingerprint density at radius 3 is 2.94 bits per heavy atom. The molecule has 0 amide bonds. The lowest BCUT2D eigenvalue weighted by atomic mass is 10.0. The van der Waals surface area contributed by atoms with E-state index in [1.807, 2.05) is 0 Å². The third-order valence-electron chi connectivity index (χ3n) is 3.71. The minimum Gasteiger partial charge on any atom is -0.358 e. The van der Waals surface area contributed by atoms with Gasteiger partial charge < -0.3 is 4.74 Å². The van der Waals surface area contributed by atoms with Crippen LogP contribution in [0.15, 0.2) is 30.3 Å². The molecule has 2 fully saturated rings. The van der Waals surface area contributed by atoms with Gasteiger partial charge in [-0.15, -0.1) is 0 Å². The molecule has 1 N–H and O–H groups in total. The molecular weight excluding hydrogens is 212 g/mol. The van der Waals surface area contributed by atoms with Gasteiger partial charge in [0.1, 0.15) is 5.72 Å². The average Bonchev–Trinajstić information content (AvgIpc) is 2.79. The SMILES string of the molecule is c1ccc(CN2CCCC3(C2)NCCO3)cc1. The second kappa shape index (κ2) is 4.77. The van der Waals surface area contributed by atoms with Crippen LogP contribution in [0.1, 0.15) is 18.4 Å². The zero-order valence-electron chi connectivity index (χ0n) is 10.2. The molecule has 2 heterocycles. The average molecular weight is 232 g/mol.